The van der Waals surface area contributed by atoms with Gasteiger partial charge in [0.25, 0.3) is 0 Å². The smallest absolute Gasteiger partial charge is 0.540 e. The maximum absolute atomic E-state index is 10.2. The zero-order valence-corrected chi connectivity index (χ0v) is 9.08. The maximum Gasteiger partial charge on any atom is 1.00 e. The van der Waals surface area contributed by atoms with Gasteiger partial charge in [0.15, 0.2) is 0 Å². The quantitative estimate of drug-likeness (QED) is 0.438. The molecule has 0 fully saturated rings. The first-order chi connectivity index (χ1) is 5.15. The molecule has 1 aromatic heterocycles. The molecule has 0 saturated heterocycles. The second-order valence-corrected chi connectivity index (χ2v) is 1.88. The number of aromatic carboxylic acids is 1. The molecule has 6 heteroatoms. The van der Waals surface area contributed by atoms with Crippen LogP contribution in [0.2, 0.25) is 0 Å². The molecule has 0 aliphatic heterocycles. The van der Waals surface area contributed by atoms with Crippen molar-refractivity contribution in [2.24, 2.45) is 0 Å². The van der Waals surface area contributed by atoms with Gasteiger partial charge in [-0.1, -0.05) is 0 Å². The minimum atomic E-state index is -1.45. The normalized spacial score (nSPS) is 8.83. The molecule has 0 unspecified atom stereocenters. The number of aryl methyl sites for hydroxylation is 1. The summed E-state index contributed by atoms with van der Waals surface area (Å²) in [4.78, 5) is 13.7. The van der Waals surface area contributed by atoms with Gasteiger partial charge in [0.2, 0.25) is 5.89 Å². The van der Waals surface area contributed by atoms with Crippen molar-refractivity contribution >= 4 is 5.97 Å². The molecule has 0 bridgehead atoms. The Morgan fingerprint density at radius 1 is 1.67 bits per heavy atom. The minimum absolute atomic E-state index is 0. The Kier molecular flexibility index (Phi) is 4.30. The van der Waals surface area contributed by atoms with E-state index >= 15 is 0 Å². The topological polar surface area (TPSA) is 75.4 Å². The van der Waals surface area contributed by atoms with Gasteiger partial charge in [-0.15, -0.1) is 0 Å². The van der Waals surface area contributed by atoms with Crippen LogP contribution in [0.3, 0.4) is 0 Å². The zero-order chi connectivity index (χ0) is 8.43. The van der Waals surface area contributed by atoms with Gasteiger partial charge in [0.05, 0.1) is 7.11 Å². The second-order valence-electron chi connectivity index (χ2n) is 1.88. The van der Waals surface area contributed by atoms with Crippen LogP contribution in [0.4, 0.5) is 0 Å². The van der Waals surface area contributed by atoms with Crippen LogP contribution in [-0.2, 0) is 0 Å². The van der Waals surface area contributed by atoms with Crippen molar-refractivity contribution in [2.45, 2.75) is 6.92 Å². The van der Waals surface area contributed by atoms with Crippen molar-refractivity contribution < 1.29 is 48.6 Å². The second kappa shape index (κ2) is 4.49. The number of carbonyl (C=O) groups excluding carboxylic acids is 1. The summed E-state index contributed by atoms with van der Waals surface area (Å²) in [7, 11) is 1.37. The van der Waals surface area contributed by atoms with E-state index in [0.29, 0.717) is 5.69 Å². The summed E-state index contributed by atoms with van der Waals surface area (Å²) in [6, 6.07) is 0. The molecule has 5 nitrogen and oxygen atoms in total. The molecule has 0 atom stereocenters. The number of carbonyl (C=O) groups is 1. The van der Waals surface area contributed by atoms with Gasteiger partial charge in [-0.05, 0) is 6.92 Å². The maximum atomic E-state index is 10.2. The van der Waals surface area contributed by atoms with Crippen LogP contribution < -0.4 is 39.4 Å². The largest absolute Gasteiger partial charge is 1.00 e. The third kappa shape index (κ3) is 2.23. The number of ether oxygens (including phenoxy) is 1. The molecule has 60 valence electrons. The van der Waals surface area contributed by atoms with Gasteiger partial charge in [0, 0.05) is 0 Å². The van der Waals surface area contributed by atoms with Crippen LogP contribution >= 0.6 is 0 Å². The van der Waals surface area contributed by atoms with Gasteiger partial charge >= 0.3 is 35.5 Å². The summed E-state index contributed by atoms with van der Waals surface area (Å²) >= 11 is 0. The molecule has 0 radical (unpaired) electrons. The van der Waals surface area contributed by atoms with Gasteiger partial charge in [-0.25, -0.2) is 4.98 Å². The van der Waals surface area contributed by atoms with E-state index < -0.39 is 11.9 Å². The summed E-state index contributed by atoms with van der Waals surface area (Å²) in [5, 5.41) is 10.2. The predicted octanol–water partition coefficient (Wildman–Crippen LogP) is -3.64. The zero-order valence-electron chi connectivity index (χ0n) is 7.08. The minimum Gasteiger partial charge on any atom is -0.540 e. The average molecular weight is 179 g/mol. The molecule has 0 N–H and O–H groups in total. The number of carboxylic acids is 1. The Labute approximate surface area is 91.0 Å². The third-order valence-electron chi connectivity index (χ3n) is 1.11. The van der Waals surface area contributed by atoms with Crippen LogP contribution in [0.25, 0.3) is 0 Å². The molecule has 0 amide bonds. The van der Waals surface area contributed by atoms with Crippen LogP contribution in [0.15, 0.2) is 4.42 Å². The summed E-state index contributed by atoms with van der Waals surface area (Å²) in [5.74, 6) is -1.81. The van der Waals surface area contributed by atoms with Gasteiger partial charge in [-0.2, -0.15) is 0 Å². The number of methoxy groups -OCH3 is 1. The molecular weight excluding hydrogens is 173 g/mol. The fourth-order valence-electron chi connectivity index (χ4n) is 0.659. The van der Waals surface area contributed by atoms with Crippen LogP contribution in [0.5, 0.6) is 5.95 Å². The van der Waals surface area contributed by atoms with Crippen molar-refractivity contribution in [2.75, 3.05) is 7.11 Å². The Bertz CT molecular complexity index is 283. The monoisotopic (exact) mass is 179 g/mol. The van der Waals surface area contributed by atoms with Crippen molar-refractivity contribution in [3.8, 4) is 5.95 Å². The van der Waals surface area contributed by atoms with E-state index in [0.717, 1.165) is 0 Å². The summed E-state index contributed by atoms with van der Waals surface area (Å²) in [6.07, 6.45) is 0. The fraction of sp³-hybridized carbons (Fsp3) is 0.333. The fourth-order valence-corrected chi connectivity index (χ4v) is 0.659. The standard InChI is InChI=1S/C6H7NO4.Na/c1-3-6(10-2)11-4(7-3)5(8)9;/h1-2H3,(H,8,9);/q;+1/p-1. The van der Waals surface area contributed by atoms with E-state index in [-0.39, 0.29) is 35.5 Å². The van der Waals surface area contributed by atoms with Crippen LogP contribution in [0, 0.1) is 6.92 Å². The molecule has 0 spiro atoms. The van der Waals surface area contributed by atoms with Gasteiger partial charge in [0.1, 0.15) is 11.7 Å². The molecule has 1 heterocycles. The number of rotatable bonds is 2. The van der Waals surface area contributed by atoms with E-state index in [1.165, 1.54) is 7.11 Å². The SMILES string of the molecule is COc1oc(C(=O)[O-])nc1C.[Na+]. The first-order valence-electron chi connectivity index (χ1n) is 2.88. The number of hydrogen-bond donors (Lipinski definition) is 0. The van der Waals surface area contributed by atoms with Crippen LogP contribution in [0.1, 0.15) is 16.4 Å². The van der Waals surface area contributed by atoms with E-state index in [2.05, 4.69) is 14.1 Å². The average Bonchev–Trinajstić information content (AvgIpc) is 2.31. The van der Waals surface area contributed by atoms with Crippen molar-refractivity contribution in [3.63, 3.8) is 0 Å². The van der Waals surface area contributed by atoms with Gasteiger partial charge < -0.3 is 19.1 Å². The van der Waals surface area contributed by atoms with E-state index in [1.807, 2.05) is 0 Å². The van der Waals surface area contributed by atoms with E-state index in [4.69, 9.17) is 0 Å². The van der Waals surface area contributed by atoms with Crippen molar-refractivity contribution in [1.29, 1.82) is 0 Å². The predicted molar refractivity (Wildman–Crippen MR) is 32.1 cm³/mol. The first-order valence-corrected chi connectivity index (χ1v) is 2.88. The number of nitrogens with zero attached hydrogens (tertiary/aromatic N) is 1. The summed E-state index contributed by atoms with van der Waals surface area (Å²) < 4.78 is 9.29. The number of oxazole rings is 1. The Balaban J connectivity index is 0.00000121. The molecular formula is C6H6NNaO4. The molecule has 0 aromatic carbocycles. The molecule has 0 saturated carbocycles. The molecule has 1 aromatic rings. The summed E-state index contributed by atoms with van der Waals surface area (Å²) in [6.45, 7) is 1.58. The Morgan fingerprint density at radius 2 is 2.25 bits per heavy atom. The Hall–Kier alpha value is -0.520. The molecule has 0 aliphatic rings. The van der Waals surface area contributed by atoms with E-state index in [9.17, 15) is 9.90 Å². The molecule has 0 aliphatic carbocycles. The summed E-state index contributed by atoms with van der Waals surface area (Å²) in [5.41, 5.74) is 0.395. The van der Waals surface area contributed by atoms with E-state index in [1.54, 1.807) is 6.92 Å². The molecule has 12 heavy (non-hydrogen) atoms. The number of carboxylic acid groups (broad SMARTS) is 1. The van der Waals surface area contributed by atoms with Crippen molar-refractivity contribution in [1.82, 2.24) is 4.98 Å². The van der Waals surface area contributed by atoms with Crippen molar-refractivity contribution in [3.05, 3.63) is 11.6 Å². The number of hydrogen-bond acceptors (Lipinski definition) is 5. The Morgan fingerprint density at radius 3 is 2.50 bits per heavy atom. The molecule has 1 rings (SSSR count). The van der Waals surface area contributed by atoms with Gasteiger partial charge in [-0.3, -0.25) is 0 Å². The number of aromatic nitrogens is 1. The van der Waals surface area contributed by atoms with Crippen LogP contribution in [-0.4, -0.2) is 18.1 Å². The first kappa shape index (κ1) is 11.5. The third-order valence-corrected chi connectivity index (χ3v) is 1.11.